The van der Waals surface area contributed by atoms with E-state index in [9.17, 15) is 9.18 Å². The van der Waals surface area contributed by atoms with E-state index in [0.29, 0.717) is 35.1 Å². The molecule has 0 atom stereocenters. The highest BCUT2D eigenvalue weighted by atomic mass is 35.5. The van der Waals surface area contributed by atoms with E-state index in [1.54, 1.807) is 25.1 Å². The number of carbonyl (C=O) groups excluding carboxylic acids is 1. The minimum atomic E-state index is -0.339. The van der Waals surface area contributed by atoms with E-state index in [4.69, 9.17) is 16.7 Å². The van der Waals surface area contributed by atoms with Crippen molar-refractivity contribution in [3.05, 3.63) is 52.6 Å². The monoisotopic (exact) mass is 337 g/mol. The molecule has 0 fully saturated rings. The minimum Gasteiger partial charge on any atom is -0.396 e. The standard InChI is InChI=1S/C16H17ClFN3O2/c1-11-14(7-8-15(23)19-9-2-10-22)16(17)21(20-11)13-5-3-12(18)4-6-13/h3-8,22H,2,9-10H2,1H3,(H,19,23)/b8-7+. The van der Waals surface area contributed by atoms with Crippen LogP contribution in [0.15, 0.2) is 30.3 Å². The van der Waals surface area contributed by atoms with Crippen LogP contribution in [0.25, 0.3) is 11.8 Å². The van der Waals surface area contributed by atoms with Crippen LogP contribution in [0.1, 0.15) is 17.7 Å². The molecule has 2 rings (SSSR count). The van der Waals surface area contributed by atoms with E-state index in [1.165, 1.54) is 22.9 Å². The molecule has 5 nitrogen and oxygen atoms in total. The summed E-state index contributed by atoms with van der Waals surface area (Å²) < 4.78 is 14.5. The molecule has 23 heavy (non-hydrogen) atoms. The maximum absolute atomic E-state index is 13.0. The minimum absolute atomic E-state index is 0.0272. The van der Waals surface area contributed by atoms with Crippen LogP contribution < -0.4 is 5.32 Å². The van der Waals surface area contributed by atoms with Gasteiger partial charge >= 0.3 is 0 Å². The van der Waals surface area contributed by atoms with Crippen molar-refractivity contribution in [3.8, 4) is 5.69 Å². The topological polar surface area (TPSA) is 67.2 Å². The Balaban J connectivity index is 2.17. The number of aromatic nitrogens is 2. The molecule has 0 aliphatic carbocycles. The van der Waals surface area contributed by atoms with Crippen LogP contribution >= 0.6 is 11.6 Å². The highest BCUT2D eigenvalue weighted by Gasteiger charge is 2.12. The van der Waals surface area contributed by atoms with Crippen LogP contribution in [-0.4, -0.2) is 33.9 Å². The number of benzene rings is 1. The van der Waals surface area contributed by atoms with E-state index >= 15 is 0 Å². The zero-order chi connectivity index (χ0) is 16.8. The number of aryl methyl sites for hydroxylation is 1. The Hall–Kier alpha value is -2.18. The lowest BCUT2D eigenvalue weighted by Crippen LogP contribution is -2.22. The maximum atomic E-state index is 13.0. The Bertz CT molecular complexity index is 711. The van der Waals surface area contributed by atoms with Gasteiger partial charge in [0.15, 0.2) is 0 Å². The lowest BCUT2D eigenvalue weighted by atomic mass is 10.2. The molecule has 1 aromatic carbocycles. The first-order valence-electron chi connectivity index (χ1n) is 7.10. The van der Waals surface area contributed by atoms with Gasteiger partial charge in [0.05, 0.1) is 11.4 Å². The first kappa shape index (κ1) is 17.2. The smallest absolute Gasteiger partial charge is 0.244 e. The molecular formula is C16H17ClFN3O2. The number of aliphatic hydroxyl groups excluding tert-OH is 1. The SMILES string of the molecule is Cc1nn(-c2ccc(F)cc2)c(Cl)c1/C=C/C(=O)NCCCO. The number of hydrogen-bond acceptors (Lipinski definition) is 3. The molecule has 122 valence electrons. The molecule has 2 aromatic rings. The molecule has 0 bridgehead atoms. The van der Waals surface area contributed by atoms with E-state index < -0.39 is 0 Å². The Morgan fingerprint density at radius 2 is 2.13 bits per heavy atom. The zero-order valence-corrected chi connectivity index (χ0v) is 13.3. The van der Waals surface area contributed by atoms with Crippen LogP contribution in [0.4, 0.5) is 4.39 Å². The molecule has 0 radical (unpaired) electrons. The highest BCUT2D eigenvalue weighted by Crippen LogP contribution is 2.24. The maximum Gasteiger partial charge on any atom is 0.244 e. The summed E-state index contributed by atoms with van der Waals surface area (Å²) in [5.74, 6) is -0.614. The van der Waals surface area contributed by atoms with Crippen molar-refractivity contribution in [2.45, 2.75) is 13.3 Å². The summed E-state index contributed by atoms with van der Waals surface area (Å²) in [6, 6.07) is 5.80. The van der Waals surface area contributed by atoms with Crippen molar-refractivity contribution in [2.75, 3.05) is 13.2 Å². The van der Waals surface area contributed by atoms with Gasteiger partial charge in [-0.1, -0.05) is 11.6 Å². The van der Waals surface area contributed by atoms with Gasteiger partial charge in [-0.25, -0.2) is 9.07 Å². The summed E-state index contributed by atoms with van der Waals surface area (Å²) >= 11 is 6.30. The average Bonchev–Trinajstić information content (AvgIpc) is 2.81. The summed E-state index contributed by atoms with van der Waals surface area (Å²) in [7, 11) is 0. The van der Waals surface area contributed by atoms with Crippen LogP contribution in [0, 0.1) is 12.7 Å². The van der Waals surface area contributed by atoms with Crippen molar-refractivity contribution in [1.82, 2.24) is 15.1 Å². The summed E-state index contributed by atoms with van der Waals surface area (Å²) in [6.07, 6.45) is 3.45. The second kappa shape index (κ2) is 7.89. The normalized spacial score (nSPS) is 11.1. The molecule has 1 heterocycles. The van der Waals surface area contributed by atoms with Crippen molar-refractivity contribution in [1.29, 1.82) is 0 Å². The largest absolute Gasteiger partial charge is 0.396 e. The van der Waals surface area contributed by atoms with E-state index in [0.717, 1.165) is 0 Å². The molecule has 0 unspecified atom stereocenters. The summed E-state index contributed by atoms with van der Waals surface area (Å²) in [5.41, 5.74) is 1.90. The molecular weight excluding hydrogens is 321 g/mol. The van der Waals surface area contributed by atoms with Gasteiger partial charge in [-0.15, -0.1) is 0 Å². The third kappa shape index (κ3) is 4.40. The fourth-order valence-electron chi connectivity index (χ4n) is 1.96. The number of nitrogens with one attached hydrogen (secondary N) is 1. The number of carbonyl (C=O) groups is 1. The van der Waals surface area contributed by atoms with Gasteiger partial charge < -0.3 is 10.4 Å². The fourth-order valence-corrected chi connectivity index (χ4v) is 2.30. The molecule has 1 aromatic heterocycles. The molecule has 1 amide bonds. The molecule has 2 N–H and O–H groups in total. The summed E-state index contributed by atoms with van der Waals surface area (Å²) in [5, 5.41) is 16.0. The third-order valence-electron chi connectivity index (χ3n) is 3.15. The predicted octanol–water partition coefficient (Wildman–Crippen LogP) is 2.49. The summed E-state index contributed by atoms with van der Waals surface area (Å²) in [4.78, 5) is 11.6. The van der Waals surface area contributed by atoms with Gasteiger partial charge in [0.25, 0.3) is 0 Å². The number of halogens is 2. The van der Waals surface area contributed by atoms with Crippen LogP contribution in [-0.2, 0) is 4.79 Å². The van der Waals surface area contributed by atoms with Gasteiger partial charge in [0.1, 0.15) is 11.0 Å². The van der Waals surface area contributed by atoms with Gasteiger partial charge in [-0.05, 0) is 43.7 Å². The Labute approximate surface area is 138 Å². The third-order valence-corrected chi connectivity index (χ3v) is 3.52. The van der Waals surface area contributed by atoms with E-state index in [1.807, 2.05) is 0 Å². The molecule has 0 aliphatic heterocycles. The highest BCUT2D eigenvalue weighted by molar-refractivity contribution is 6.31. The summed E-state index contributed by atoms with van der Waals surface area (Å²) in [6.45, 7) is 2.20. The quantitative estimate of drug-likeness (QED) is 0.628. The van der Waals surface area contributed by atoms with Crippen molar-refractivity contribution in [2.24, 2.45) is 0 Å². The number of hydrogen-bond donors (Lipinski definition) is 2. The molecule has 0 spiro atoms. The van der Waals surface area contributed by atoms with Crippen molar-refractivity contribution < 1.29 is 14.3 Å². The van der Waals surface area contributed by atoms with Crippen molar-refractivity contribution >= 4 is 23.6 Å². The van der Waals surface area contributed by atoms with Crippen LogP contribution in [0.2, 0.25) is 5.15 Å². The van der Waals surface area contributed by atoms with Crippen LogP contribution in [0.5, 0.6) is 0 Å². The zero-order valence-electron chi connectivity index (χ0n) is 12.6. The van der Waals surface area contributed by atoms with Crippen molar-refractivity contribution in [3.63, 3.8) is 0 Å². The fraction of sp³-hybridized carbons (Fsp3) is 0.250. The molecule has 7 heteroatoms. The Morgan fingerprint density at radius 3 is 2.78 bits per heavy atom. The molecule has 0 saturated carbocycles. The second-order valence-electron chi connectivity index (χ2n) is 4.88. The first-order valence-corrected chi connectivity index (χ1v) is 7.48. The number of aliphatic hydroxyl groups is 1. The Morgan fingerprint density at radius 1 is 1.43 bits per heavy atom. The number of rotatable bonds is 6. The second-order valence-corrected chi connectivity index (χ2v) is 5.24. The van der Waals surface area contributed by atoms with Gasteiger partial charge in [0, 0.05) is 24.8 Å². The average molecular weight is 338 g/mol. The first-order chi connectivity index (χ1) is 11.0. The van der Waals surface area contributed by atoms with E-state index in [-0.39, 0.29) is 18.3 Å². The lowest BCUT2D eigenvalue weighted by Gasteiger charge is -2.02. The van der Waals surface area contributed by atoms with Gasteiger partial charge in [-0.2, -0.15) is 5.10 Å². The molecule has 0 saturated heterocycles. The number of nitrogens with zero attached hydrogens (tertiary/aromatic N) is 2. The molecule has 0 aliphatic rings. The number of amides is 1. The predicted molar refractivity (Wildman–Crippen MR) is 87.0 cm³/mol. The van der Waals surface area contributed by atoms with E-state index in [2.05, 4.69) is 10.4 Å². The van der Waals surface area contributed by atoms with Crippen LogP contribution in [0.3, 0.4) is 0 Å². The van der Waals surface area contributed by atoms with Gasteiger partial charge in [0.2, 0.25) is 5.91 Å². The van der Waals surface area contributed by atoms with Gasteiger partial charge in [-0.3, -0.25) is 4.79 Å². The lowest BCUT2D eigenvalue weighted by molar-refractivity contribution is -0.116. The Kier molecular flexibility index (Phi) is 5.90.